The number of hydrogen-bond acceptors (Lipinski definition) is 6. The van der Waals surface area contributed by atoms with Crippen LogP contribution in [0.2, 0.25) is 0 Å². The molecular weight excluding hydrogens is 280 g/mol. The first-order chi connectivity index (χ1) is 9.81. The summed E-state index contributed by atoms with van der Waals surface area (Å²) < 4.78 is 10.9. The van der Waals surface area contributed by atoms with Gasteiger partial charge in [-0.1, -0.05) is 0 Å². The van der Waals surface area contributed by atoms with Crippen LogP contribution >= 0.6 is 0 Å². The number of aliphatic hydroxyl groups excluding tert-OH is 3. The topological polar surface area (TPSA) is 116 Å². The van der Waals surface area contributed by atoms with Gasteiger partial charge in [0.1, 0.15) is 18.3 Å². The summed E-state index contributed by atoms with van der Waals surface area (Å²) >= 11 is 0. The summed E-state index contributed by atoms with van der Waals surface area (Å²) in [7, 11) is 0. The lowest BCUT2D eigenvalue weighted by molar-refractivity contribution is -0.303. The molecular formula is C14H24O7. The van der Waals surface area contributed by atoms with Crippen molar-refractivity contribution in [2.45, 2.75) is 69.9 Å². The molecule has 2 aliphatic rings. The monoisotopic (exact) mass is 304 g/mol. The molecule has 21 heavy (non-hydrogen) atoms. The van der Waals surface area contributed by atoms with E-state index in [0.717, 1.165) is 6.42 Å². The molecule has 122 valence electrons. The molecule has 0 bridgehead atoms. The van der Waals surface area contributed by atoms with Crippen molar-refractivity contribution >= 4 is 5.97 Å². The number of hydrogen-bond donors (Lipinski definition) is 4. The van der Waals surface area contributed by atoms with E-state index >= 15 is 0 Å². The second-order valence-electron chi connectivity index (χ2n) is 6.15. The molecule has 2 fully saturated rings. The van der Waals surface area contributed by atoms with E-state index in [4.69, 9.17) is 14.6 Å². The van der Waals surface area contributed by atoms with Crippen molar-refractivity contribution in [3.8, 4) is 0 Å². The molecule has 0 aromatic carbocycles. The Bertz CT molecular complexity index is 374. The lowest BCUT2D eigenvalue weighted by atomic mass is 10.00. The van der Waals surface area contributed by atoms with E-state index < -0.39 is 36.7 Å². The molecule has 0 aromatic heterocycles. The quantitative estimate of drug-likeness (QED) is 0.533. The summed E-state index contributed by atoms with van der Waals surface area (Å²) in [5.74, 6) is -0.770. The van der Waals surface area contributed by atoms with Crippen LogP contribution in [0, 0.1) is 11.8 Å². The summed E-state index contributed by atoms with van der Waals surface area (Å²) in [5.41, 5.74) is 0. The maximum atomic E-state index is 10.7. The fourth-order valence-electron chi connectivity index (χ4n) is 2.74. The van der Waals surface area contributed by atoms with E-state index in [9.17, 15) is 20.1 Å². The molecule has 0 aromatic rings. The maximum Gasteiger partial charge on any atom is 0.306 e. The van der Waals surface area contributed by atoms with Gasteiger partial charge in [-0.25, -0.2) is 0 Å². The third-order valence-corrected chi connectivity index (χ3v) is 4.36. The number of rotatable bonds is 6. The molecule has 0 spiro atoms. The Balaban J connectivity index is 1.74. The molecule has 4 N–H and O–H groups in total. The molecule has 0 radical (unpaired) electrons. The summed E-state index contributed by atoms with van der Waals surface area (Å²) in [6.45, 7) is 3.42. The zero-order chi connectivity index (χ0) is 15.7. The SMILES string of the molecule is C[C@H](CC[C@@H]1C[C@@H]1C(=O)O)O[C@@H]1O[C@@H](C)[C@@H](O)[C@@H](O)[C@@H]1O. The summed E-state index contributed by atoms with van der Waals surface area (Å²) in [5, 5.41) is 38.0. The highest BCUT2D eigenvalue weighted by Gasteiger charge is 2.44. The number of carbonyl (C=O) groups is 1. The van der Waals surface area contributed by atoms with Crippen LogP contribution in [0.4, 0.5) is 0 Å². The highest BCUT2D eigenvalue weighted by molar-refractivity contribution is 5.73. The Hall–Kier alpha value is -0.730. The molecule has 2 rings (SSSR count). The van der Waals surface area contributed by atoms with Crippen molar-refractivity contribution < 1.29 is 34.7 Å². The van der Waals surface area contributed by atoms with Gasteiger partial charge in [-0.3, -0.25) is 4.79 Å². The zero-order valence-corrected chi connectivity index (χ0v) is 12.3. The van der Waals surface area contributed by atoms with E-state index in [1.54, 1.807) is 6.92 Å². The lowest BCUT2D eigenvalue weighted by Crippen LogP contribution is -2.57. The molecule has 0 unspecified atom stereocenters. The number of aliphatic hydroxyl groups is 3. The van der Waals surface area contributed by atoms with Crippen LogP contribution in [0.3, 0.4) is 0 Å². The van der Waals surface area contributed by atoms with Crippen LogP contribution in [0.1, 0.15) is 33.1 Å². The van der Waals surface area contributed by atoms with Gasteiger partial charge in [0, 0.05) is 0 Å². The summed E-state index contributed by atoms with van der Waals surface area (Å²) in [4.78, 5) is 10.7. The van der Waals surface area contributed by atoms with E-state index in [1.807, 2.05) is 6.92 Å². The number of carboxylic acid groups (broad SMARTS) is 1. The Morgan fingerprint density at radius 1 is 1.29 bits per heavy atom. The molecule has 1 aliphatic heterocycles. The van der Waals surface area contributed by atoms with Crippen LogP contribution in [0.25, 0.3) is 0 Å². The van der Waals surface area contributed by atoms with Crippen LogP contribution in [-0.2, 0) is 14.3 Å². The van der Waals surface area contributed by atoms with Gasteiger partial charge in [-0.15, -0.1) is 0 Å². The summed E-state index contributed by atoms with van der Waals surface area (Å²) in [6, 6.07) is 0. The molecule has 1 saturated heterocycles. The van der Waals surface area contributed by atoms with Gasteiger partial charge in [0.2, 0.25) is 0 Å². The minimum Gasteiger partial charge on any atom is -0.481 e. The lowest BCUT2D eigenvalue weighted by Gasteiger charge is -2.39. The third-order valence-electron chi connectivity index (χ3n) is 4.36. The largest absolute Gasteiger partial charge is 0.481 e. The highest BCUT2D eigenvalue weighted by atomic mass is 16.7. The highest BCUT2D eigenvalue weighted by Crippen LogP contribution is 2.42. The molecule has 1 saturated carbocycles. The van der Waals surface area contributed by atoms with Gasteiger partial charge in [0.25, 0.3) is 0 Å². The fraction of sp³-hybridized carbons (Fsp3) is 0.929. The van der Waals surface area contributed by atoms with Gasteiger partial charge in [-0.2, -0.15) is 0 Å². The molecule has 0 amide bonds. The minimum atomic E-state index is -1.30. The first-order valence-corrected chi connectivity index (χ1v) is 7.39. The molecule has 7 heteroatoms. The second kappa shape index (κ2) is 6.58. The van der Waals surface area contributed by atoms with Gasteiger partial charge < -0.3 is 29.9 Å². The van der Waals surface area contributed by atoms with Gasteiger partial charge >= 0.3 is 5.97 Å². The Labute approximate surface area is 123 Å². The number of carboxylic acids is 1. The van der Waals surface area contributed by atoms with Crippen LogP contribution in [0.5, 0.6) is 0 Å². The van der Waals surface area contributed by atoms with Crippen molar-refractivity contribution in [3.05, 3.63) is 0 Å². The average Bonchev–Trinajstić information content (AvgIpc) is 3.20. The Morgan fingerprint density at radius 3 is 2.52 bits per heavy atom. The minimum absolute atomic E-state index is 0.206. The van der Waals surface area contributed by atoms with Crippen LogP contribution < -0.4 is 0 Å². The van der Waals surface area contributed by atoms with Crippen molar-refractivity contribution in [3.63, 3.8) is 0 Å². The second-order valence-corrected chi connectivity index (χ2v) is 6.15. The van der Waals surface area contributed by atoms with E-state index in [2.05, 4.69) is 0 Å². The van der Waals surface area contributed by atoms with Crippen LogP contribution in [0.15, 0.2) is 0 Å². The molecule has 8 atom stereocenters. The predicted octanol–water partition coefficient (Wildman–Crippen LogP) is -0.280. The predicted molar refractivity (Wildman–Crippen MR) is 71.4 cm³/mol. The standard InChI is InChI=1S/C14H24O7/c1-6(3-4-8-5-9(8)13(18)19)20-14-12(17)11(16)10(15)7(2)21-14/h6-12,14-17H,3-5H2,1-2H3,(H,18,19)/t6-,7+,8-,9+,10-,11-,12+,14-/m1/s1. The first kappa shape index (κ1) is 16.6. The number of aliphatic carboxylic acids is 1. The normalized spacial score (nSPS) is 44.3. The van der Waals surface area contributed by atoms with Crippen molar-refractivity contribution in [2.75, 3.05) is 0 Å². The van der Waals surface area contributed by atoms with Crippen molar-refractivity contribution in [2.24, 2.45) is 11.8 Å². The van der Waals surface area contributed by atoms with Gasteiger partial charge in [0.05, 0.1) is 18.1 Å². The Morgan fingerprint density at radius 2 is 1.95 bits per heavy atom. The zero-order valence-electron chi connectivity index (χ0n) is 12.3. The molecule has 7 nitrogen and oxygen atoms in total. The summed E-state index contributed by atoms with van der Waals surface area (Å²) in [6.07, 6.45) is -3.45. The third kappa shape index (κ3) is 3.92. The van der Waals surface area contributed by atoms with Crippen LogP contribution in [-0.4, -0.2) is 63.2 Å². The smallest absolute Gasteiger partial charge is 0.306 e. The Kier molecular flexibility index (Phi) is 5.21. The molecule has 1 heterocycles. The van der Waals surface area contributed by atoms with E-state index in [1.165, 1.54) is 0 Å². The fourth-order valence-corrected chi connectivity index (χ4v) is 2.74. The first-order valence-electron chi connectivity index (χ1n) is 7.39. The van der Waals surface area contributed by atoms with E-state index in [0.29, 0.717) is 12.8 Å². The maximum absolute atomic E-state index is 10.7. The van der Waals surface area contributed by atoms with Crippen molar-refractivity contribution in [1.29, 1.82) is 0 Å². The number of ether oxygens (including phenoxy) is 2. The molecule has 1 aliphatic carbocycles. The van der Waals surface area contributed by atoms with E-state index in [-0.39, 0.29) is 17.9 Å². The van der Waals surface area contributed by atoms with Crippen molar-refractivity contribution in [1.82, 2.24) is 0 Å². The average molecular weight is 304 g/mol. The van der Waals surface area contributed by atoms with Gasteiger partial charge in [0.15, 0.2) is 6.29 Å². The van der Waals surface area contributed by atoms with Gasteiger partial charge in [-0.05, 0) is 39.0 Å².